The maximum Gasteiger partial charge on any atom is 0.345 e. The molecule has 17 heavy (non-hydrogen) atoms. The van der Waals surface area contributed by atoms with Gasteiger partial charge < -0.3 is 14.8 Å². The van der Waals surface area contributed by atoms with Gasteiger partial charge in [0.15, 0.2) is 0 Å². The van der Waals surface area contributed by atoms with Gasteiger partial charge in [0, 0.05) is 6.42 Å². The van der Waals surface area contributed by atoms with Crippen molar-refractivity contribution in [2.75, 3.05) is 14.2 Å². The minimum Gasteiger partial charge on any atom is -0.465 e. The van der Waals surface area contributed by atoms with Crippen LogP contribution in [0, 0.1) is 0 Å². The number of hydrogen-bond donors (Lipinski definition) is 1. The van der Waals surface area contributed by atoms with Crippen molar-refractivity contribution in [3.05, 3.63) is 23.9 Å². The fourth-order valence-electron chi connectivity index (χ4n) is 1.10. The van der Waals surface area contributed by atoms with Crippen LogP contribution in [0.3, 0.4) is 0 Å². The van der Waals surface area contributed by atoms with E-state index >= 15 is 0 Å². The zero-order valence-corrected chi connectivity index (χ0v) is 9.60. The number of ether oxygens (including phenoxy) is 2. The van der Waals surface area contributed by atoms with Crippen LogP contribution in [0.25, 0.3) is 0 Å². The average Bonchev–Trinajstić information content (AvgIpc) is 3.03. The lowest BCUT2D eigenvalue weighted by atomic mass is 10.2. The van der Waals surface area contributed by atoms with Gasteiger partial charge in [-0.1, -0.05) is 0 Å². The first-order valence-corrected chi connectivity index (χ1v) is 5.03. The number of allylic oxidation sites excluding steroid dienone is 2. The minimum absolute atomic E-state index is 0.167. The molecule has 0 aromatic heterocycles. The van der Waals surface area contributed by atoms with Gasteiger partial charge in [0.25, 0.3) is 0 Å². The molecule has 1 saturated carbocycles. The first kappa shape index (κ1) is 13.2. The summed E-state index contributed by atoms with van der Waals surface area (Å²) in [5.74, 6) is -1.56. The predicted molar refractivity (Wildman–Crippen MR) is 57.7 cm³/mol. The highest BCUT2D eigenvalue weighted by atomic mass is 19.1. The molecule has 0 spiro atoms. The van der Waals surface area contributed by atoms with Crippen LogP contribution in [0.1, 0.15) is 6.42 Å². The molecule has 94 valence electrons. The second-order valence-corrected chi connectivity index (χ2v) is 3.45. The summed E-state index contributed by atoms with van der Waals surface area (Å²) in [6.45, 7) is 0. The molecule has 0 saturated heterocycles. The second-order valence-electron chi connectivity index (χ2n) is 3.45. The van der Waals surface area contributed by atoms with Crippen LogP contribution in [0.15, 0.2) is 23.9 Å². The van der Waals surface area contributed by atoms with Crippen molar-refractivity contribution in [3.8, 4) is 0 Å². The molecule has 0 bridgehead atoms. The summed E-state index contributed by atoms with van der Waals surface area (Å²) >= 11 is 0. The van der Waals surface area contributed by atoms with Gasteiger partial charge in [0.1, 0.15) is 11.7 Å². The predicted octanol–water partition coefficient (Wildman–Crippen LogP) is 0.472. The Bertz CT molecular complexity index is 346. The van der Waals surface area contributed by atoms with E-state index in [-0.39, 0.29) is 11.6 Å². The Hall–Kier alpha value is -1.85. The fraction of sp³-hybridized carbons (Fsp3) is 0.455. The smallest absolute Gasteiger partial charge is 0.345 e. The Morgan fingerprint density at radius 2 is 1.82 bits per heavy atom. The number of methoxy groups -OCH3 is 2. The summed E-state index contributed by atoms with van der Waals surface area (Å²) in [6.07, 6.45) is 3.81. The van der Waals surface area contributed by atoms with Gasteiger partial charge in [-0.2, -0.15) is 0 Å². The molecule has 1 aliphatic carbocycles. The third-order valence-corrected chi connectivity index (χ3v) is 2.19. The summed E-state index contributed by atoms with van der Waals surface area (Å²) in [5.41, 5.74) is -0.222. The highest BCUT2D eigenvalue weighted by Crippen LogP contribution is 2.24. The molecule has 1 fully saturated rings. The van der Waals surface area contributed by atoms with E-state index < -0.39 is 18.1 Å². The molecule has 1 rings (SSSR count). The van der Waals surface area contributed by atoms with Gasteiger partial charge >= 0.3 is 11.9 Å². The van der Waals surface area contributed by atoms with Crippen LogP contribution in [0.4, 0.5) is 4.39 Å². The quantitative estimate of drug-likeness (QED) is 0.250. The van der Waals surface area contributed by atoms with Crippen LogP contribution < -0.4 is 5.32 Å². The maximum absolute atomic E-state index is 12.5. The van der Waals surface area contributed by atoms with Crippen LogP contribution in [-0.4, -0.2) is 38.4 Å². The molecule has 0 radical (unpaired) electrons. The van der Waals surface area contributed by atoms with Gasteiger partial charge in [0.2, 0.25) is 0 Å². The molecule has 6 heteroatoms. The third kappa shape index (κ3) is 3.90. The van der Waals surface area contributed by atoms with Crippen LogP contribution >= 0.6 is 0 Å². The number of carbonyl (C=O) groups excluding carboxylic acids is 2. The molecule has 0 heterocycles. The van der Waals surface area contributed by atoms with Crippen molar-refractivity contribution in [2.45, 2.75) is 18.6 Å². The van der Waals surface area contributed by atoms with Gasteiger partial charge in [-0.25, -0.2) is 14.0 Å². The Labute approximate surface area is 98.3 Å². The summed E-state index contributed by atoms with van der Waals surface area (Å²) in [5, 5.41) is 2.77. The van der Waals surface area contributed by atoms with Crippen LogP contribution in [0.5, 0.6) is 0 Å². The summed E-state index contributed by atoms with van der Waals surface area (Å²) in [4.78, 5) is 22.4. The molecule has 0 aromatic carbocycles. The molecule has 0 amide bonds. The monoisotopic (exact) mass is 243 g/mol. The molecule has 1 N–H and O–H groups in total. The van der Waals surface area contributed by atoms with Gasteiger partial charge in [-0.05, 0) is 18.4 Å². The van der Waals surface area contributed by atoms with Crippen LogP contribution in [-0.2, 0) is 19.1 Å². The van der Waals surface area contributed by atoms with E-state index in [1.54, 1.807) is 0 Å². The molecule has 0 unspecified atom stereocenters. The molecule has 1 aliphatic rings. The van der Waals surface area contributed by atoms with E-state index in [9.17, 15) is 14.0 Å². The highest BCUT2D eigenvalue weighted by molar-refractivity contribution is 6.14. The van der Waals surface area contributed by atoms with E-state index in [0.717, 1.165) is 0 Å². The first-order chi connectivity index (χ1) is 8.10. The van der Waals surface area contributed by atoms with E-state index in [0.29, 0.717) is 6.42 Å². The van der Waals surface area contributed by atoms with Crippen molar-refractivity contribution in [3.63, 3.8) is 0 Å². The second kappa shape index (κ2) is 6.03. The van der Waals surface area contributed by atoms with Crippen molar-refractivity contribution < 1.29 is 23.5 Å². The first-order valence-electron chi connectivity index (χ1n) is 5.03. The standard InChI is InChI=1S/C11H14FNO4/c1-16-10(14)7(11(15)17-2)4-3-5-13-9-6-8(9)12/h3-5,8-9,13H,6H2,1-2H3/t8-,9-/m1/s1. The molecule has 0 aliphatic heterocycles. The lowest BCUT2D eigenvalue weighted by Crippen LogP contribution is -2.15. The Morgan fingerprint density at radius 3 is 2.24 bits per heavy atom. The number of hydrogen-bond acceptors (Lipinski definition) is 5. The normalized spacial score (nSPS) is 21.8. The highest BCUT2D eigenvalue weighted by Gasteiger charge is 2.36. The van der Waals surface area contributed by atoms with Crippen molar-refractivity contribution in [2.24, 2.45) is 0 Å². The number of rotatable bonds is 5. The maximum atomic E-state index is 12.5. The SMILES string of the molecule is COC(=O)C(=CC=CN[C@@H]1C[C@H]1F)C(=O)OC. The van der Waals surface area contributed by atoms with Crippen LogP contribution in [0.2, 0.25) is 0 Å². The third-order valence-electron chi connectivity index (χ3n) is 2.19. The lowest BCUT2D eigenvalue weighted by molar-refractivity contribution is -0.144. The largest absolute Gasteiger partial charge is 0.465 e. The van der Waals surface area contributed by atoms with E-state index in [4.69, 9.17) is 0 Å². The topological polar surface area (TPSA) is 64.6 Å². The Balaban J connectivity index is 2.56. The van der Waals surface area contributed by atoms with Gasteiger partial charge in [0.05, 0.1) is 20.3 Å². The van der Waals surface area contributed by atoms with Gasteiger partial charge in [-0.15, -0.1) is 0 Å². The Morgan fingerprint density at radius 1 is 1.29 bits per heavy atom. The number of nitrogens with one attached hydrogen (secondary N) is 1. The zero-order chi connectivity index (χ0) is 12.8. The zero-order valence-electron chi connectivity index (χ0n) is 9.60. The molecule has 2 atom stereocenters. The summed E-state index contributed by atoms with van der Waals surface area (Å²) in [6, 6.07) is -0.167. The van der Waals surface area contributed by atoms with Crippen molar-refractivity contribution in [1.29, 1.82) is 0 Å². The minimum atomic E-state index is -0.815. The molecule has 5 nitrogen and oxygen atoms in total. The molecule has 0 aromatic rings. The summed E-state index contributed by atoms with van der Waals surface area (Å²) < 4.78 is 21.3. The average molecular weight is 243 g/mol. The number of halogens is 1. The fourth-order valence-corrected chi connectivity index (χ4v) is 1.10. The van der Waals surface area contributed by atoms with E-state index in [1.807, 2.05) is 0 Å². The summed E-state index contributed by atoms with van der Waals surface area (Å²) in [7, 11) is 2.33. The van der Waals surface area contributed by atoms with E-state index in [1.165, 1.54) is 32.6 Å². The lowest BCUT2D eigenvalue weighted by Gasteiger charge is -2.01. The molecular weight excluding hydrogens is 229 g/mol. The van der Waals surface area contributed by atoms with Gasteiger partial charge in [-0.3, -0.25) is 0 Å². The number of carbonyl (C=O) groups is 2. The number of alkyl halides is 1. The van der Waals surface area contributed by atoms with E-state index in [2.05, 4.69) is 14.8 Å². The molecular formula is C11H14FNO4. The number of esters is 2. The Kier molecular flexibility index (Phi) is 4.68. The van der Waals surface area contributed by atoms with Crippen molar-refractivity contribution in [1.82, 2.24) is 5.32 Å². The van der Waals surface area contributed by atoms with Crippen molar-refractivity contribution >= 4 is 11.9 Å².